The topological polar surface area (TPSA) is 26.3 Å². The molecule has 0 heterocycles. The maximum atomic E-state index is 11.7. The normalized spacial score (nSPS) is 23.1. The van der Waals surface area contributed by atoms with Gasteiger partial charge in [-0.05, 0) is 24.5 Å². The standard InChI is InChI=1S/C15H16O2/c1-15(14(16)17-2)10-6-9-13(11-15)12-7-4-3-5-8-12/h3-8,10-11H,9H2,1-2H3. The van der Waals surface area contributed by atoms with E-state index in [9.17, 15) is 4.79 Å². The number of carbonyl (C=O) groups is 1. The number of ether oxygens (including phenoxy) is 1. The number of carbonyl (C=O) groups excluding carboxylic acids is 1. The van der Waals surface area contributed by atoms with Gasteiger partial charge in [0.25, 0.3) is 0 Å². The van der Waals surface area contributed by atoms with Crippen LogP contribution in [-0.2, 0) is 9.53 Å². The van der Waals surface area contributed by atoms with Crippen LogP contribution in [0.2, 0.25) is 0 Å². The highest BCUT2D eigenvalue weighted by Gasteiger charge is 2.31. The maximum absolute atomic E-state index is 11.7. The predicted octanol–water partition coefficient (Wildman–Crippen LogP) is 3.21. The van der Waals surface area contributed by atoms with Crippen LogP contribution in [0.15, 0.2) is 48.6 Å². The SMILES string of the molecule is COC(=O)C1(C)C=CCC(c2ccccc2)=C1. The molecule has 1 aromatic carbocycles. The molecule has 1 unspecified atom stereocenters. The molecule has 88 valence electrons. The molecule has 1 atom stereocenters. The van der Waals surface area contributed by atoms with Crippen LogP contribution in [0.3, 0.4) is 0 Å². The molecule has 0 aromatic heterocycles. The van der Waals surface area contributed by atoms with E-state index in [2.05, 4.69) is 12.1 Å². The molecular formula is C15H16O2. The van der Waals surface area contributed by atoms with Gasteiger partial charge in [0.05, 0.1) is 7.11 Å². The molecule has 2 heteroatoms. The first-order valence-corrected chi connectivity index (χ1v) is 5.69. The van der Waals surface area contributed by atoms with E-state index in [-0.39, 0.29) is 5.97 Å². The molecule has 17 heavy (non-hydrogen) atoms. The van der Waals surface area contributed by atoms with E-state index in [0.29, 0.717) is 0 Å². The van der Waals surface area contributed by atoms with Gasteiger partial charge in [-0.25, -0.2) is 0 Å². The highest BCUT2D eigenvalue weighted by molar-refractivity contribution is 5.85. The molecule has 1 aromatic rings. The summed E-state index contributed by atoms with van der Waals surface area (Å²) in [7, 11) is 1.42. The molecule has 0 spiro atoms. The third-order valence-corrected chi connectivity index (χ3v) is 3.05. The largest absolute Gasteiger partial charge is 0.468 e. The van der Waals surface area contributed by atoms with Crippen molar-refractivity contribution in [1.29, 1.82) is 0 Å². The van der Waals surface area contributed by atoms with Crippen molar-refractivity contribution >= 4 is 11.5 Å². The van der Waals surface area contributed by atoms with Gasteiger partial charge in [0.2, 0.25) is 0 Å². The van der Waals surface area contributed by atoms with Crippen molar-refractivity contribution in [1.82, 2.24) is 0 Å². The minimum Gasteiger partial charge on any atom is -0.468 e. The number of methoxy groups -OCH3 is 1. The first-order valence-electron chi connectivity index (χ1n) is 5.69. The summed E-state index contributed by atoms with van der Waals surface area (Å²) in [5.41, 5.74) is 1.69. The summed E-state index contributed by atoms with van der Waals surface area (Å²) in [6, 6.07) is 10.1. The Bertz CT molecular complexity index is 471. The van der Waals surface area contributed by atoms with Gasteiger partial charge < -0.3 is 4.74 Å². The van der Waals surface area contributed by atoms with Gasteiger partial charge in [-0.3, -0.25) is 4.79 Å². The first kappa shape index (κ1) is 11.6. The van der Waals surface area contributed by atoms with Crippen molar-refractivity contribution in [2.75, 3.05) is 7.11 Å². The summed E-state index contributed by atoms with van der Waals surface area (Å²) in [6.45, 7) is 1.87. The molecule has 0 aliphatic heterocycles. The summed E-state index contributed by atoms with van der Waals surface area (Å²) < 4.78 is 4.84. The lowest BCUT2D eigenvalue weighted by atomic mass is 9.81. The lowest BCUT2D eigenvalue weighted by Crippen LogP contribution is -2.26. The van der Waals surface area contributed by atoms with Crippen molar-refractivity contribution in [2.45, 2.75) is 13.3 Å². The summed E-state index contributed by atoms with van der Waals surface area (Å²) in [4.78, 5) is 11.7. The van der Waals surface area contributed by atoms with E-state index in [0.717, 1.165) is 12.0 Å². The molecular weight excluding hydrogens is 212 g/mol. The molecule has 0 amide bonds. The molecule has 0 saturated heterocycles. The Kier molecular flexibility index (Phi) is 3.14. The second kappa shape index (κ2) is 4.58. The number of hydrogen-bond donors (Lipinski definition) is 0. The Morgan fingerprint density at radius 2 is 2.00 bits per heavy atom. The maximum Gasteiger partial charge on any atom is 0.319 e. The summed E-state index contributed by atoms with van der Waals surface area (Å²) >= 11 is 0. The van der Waals surface area contributed by atoms with Crippen LogP contribution in [0.1, 0.15) is 18.9 Å². The van der Waals surface area contributed by atoms with Crippen LogP contribution in [-0.4, -0.2) is 13.1 Å². The average Bonchev–Trinajstić information content (AvgIpc) is 2.39. The second-order valence-corrected chi connectivity index (χ2v) is 4.42. The van der Waals surface area contributed by atoms with Crippen molar-refractivity contribution in [2.24, 2.45) is 5.41 Å². The fraction of sp³-hybridized carbons (Fsp3) is 0.267. The van der Waals surface area contributed by atoms with Crippen molar-refractivity contribution in [3.8, 4) is 0 Å². The number of benzene rings is 1. The zero-order valence-electron chi connectivity index (χ0n) is 10.1. The summed E-state index contributed by atoms with van der Waals surface area (Å²) in [6.07, 6.45) is 6.79. The molecule has 0 saturated carbocycles. The molecule has 0 N–H and O–H groups in total. The highest BCUT2D eigenvalue weighted by atomic mass is 16.5. The summed E-state index contributed by atoms with van der Waals surface area (Å²) in [5, 5.41) is 0. The van der Waals surface area contributed by atoms with Crippen LogP contribution < -0.4 is 0 Å². The van der Waals surface area contributed by atoms with Gasteiger partial charge in [0.15, 0.2) is 0 Å². The van der Waals surface area contributed by atoms with Gasteiger partial charge in [-0.15, -0.1) is 0 Å². The lowest BCUT2D eigenvalue weighted by Gasteiger charge is -2.24. The van der Waals surface area contributed by atoms with Gasteiger partial charge in [-0.1, -0.05) is 48.6 Å². The van der Waals surface area contributed by atoms with Crippen molar-refractivity contribution in [3.63, 3.8) is 0 Å². The smallest absolute Gasteiger partial charge is 0.319 e. The van der Waals surface area contributed by atoms with Crippen LogP contribution in [0.4, 0.5) is 0 Å². The van der Waals surface area contributed by atoms with Crippen LogP contribution in [0.25, 0.3) is 5.57 Å². The number of esters is 1. The fourth-order valence-corrected chi connectivity index (χ4v) is 2.10. The third-order valence-electron chi connectivity index (χ3n) is 3.05. The van der Waals surface area contributed by atoms with Crippen molar-refractivity contribution in [3.05, 3.63) is 54.1 Å². The second-order valence-electron chi connectivity index (χ2n) is 4.42. The van der Waals surface area contributed by atoms with Gasteiger partial charge in [0.1, 0.15) is 5.41 Å². The molecule has 0 bridgehead atoms. The van der Waals surface area contributed by atoms with Gasteiger partial charge >= 0.3 is 5.97 Å². The Morgan fingerprint density at radius 1 is 1.29 bits per heavy atom. The molecule has 0 fully saturated rings. The lowest BCUT2D eigenvalue weighted by molar-refractivity contribution is -0.146. The van der Waals surface area contributed by atoms with E-state index < -0.39 is 5.41 Å². The summed E-state index contributed by atoms with van der Waals surface area (Å²) in [5.74, 6) is -0.220. The molecule has 1 aliphatic carbocycles. The number of rotatable bonds is 2. The van der Waals surface area contributed by atoms with Crippen LogP contribution >= 0.6 is 0 Å². The van der Waals surface area contributed by atoms with Crippen LogP contribution in [0, 0.1) is 5.41 Å². The number of hydrogen-bond acceptors (Lipinski definition) is 2. The molecule has 1 aliphatic rings. The minimum atomic E-state index is -0.641. The molecule has 2 rings (SSSR count). The highest BCUT2D eigenvalue weighted by Crippen LogP contribution is 2.33. The van der Waals surface area contributed by atoms with E-state index in [1.807, 2.05) is 43.4 Å². The first-order chi connectivity index (χ1) is 8.15. The Balaban J connectivity index is 2.35. The average molecular weight is 228 g/mol. The Morgan fingerprint density at radius 3 is 2.65 bits per heavy atom. The third kappa shape index (κ3) is 2.31. The van der Waals surface area contributed by atoms with Crippen LogP contribution in [0.5, 0.6) is 0 Å². The van der Waals surface area contributed by atoms with E-state index in [4.69, 9.17) is 4.74 Å². The number of allylic oxidation sites excluding steroid dienone is 2. The Hall–Kier alpha value is -1.83. The van der Waals surface area contributed by atoms with Crippen molar-refractivity contribution < 1.29 is 9.53 Å². The zero-order chi connectivity index (χ0) is 12.3. The van der Waals surface area contributed by atoms with E-state index in [1.54, 1.807) is 0 Å². The van der Waals surface area contributed by atoms with Gasteiger partial charge in [-0.2, -0.15) is 0 Å². The predicted molar refractivity (Wildman–Crippen MR) is 68.3 cm³/mol. The van der Waals surface area contributed by atoms with E-state index >= 15 is 0 Å². The van der Waals surface area contributed by atoms with E-state index in [1.165, 1.54) is 12.7 Å². The quantitative estimate of drug-likeness (QED) is 0.574. The Labute approximate surface area is 102 Å². The molecule has 0 radical (unpaired) electrons. The monoisotopic (exact) mass is 228 g/mol. The molecule has 2 nitrogen and oxygen atoms in total. The minimum absolute atomic E-state index is 0.220. The zero-order valence-corrected chi connectivity index (χ0v) is 10.1. The fourth-order valence-electron chi connectivity index (χ4n) is 2.10. The van der Waals surface area contributed by atoms with Gasteiger partial charge in [0, 0.05) is 0 Å².